The van der Waals surface area contributed by atoms with Gasteiger partial charge in [-0.25, -0.2) is 0 Å². The summed E-state index contributed by atoms with van der Waals surface area (Å²) in [5.41, 5.74) is 3.79. The summed E-state index contributed by atoms with van der Waals surface area (Å²) in [7, 11) is 0. The van der Waals surface area contributed by atoms with E-state index in [9.17, 15) is 0 Å². The third-order valence-corrected chi connectivity index (χ3v) is 3.69. The van der Waals surface area contributed by atoms with Gasteiger partial charge in [0.05, 0.1) is 11.6 Å². The largest absolute Gasteiger partial charge is 0.381 e. The Hall–Kier alpha value is -1.50. The van der Waals surface area contributed by atoms with Gasteiger partial charge in [0.1, 0.15) is 0 Å². The van der Waals surface area contributed by atoms with Crippen molar-refractivity contribution in [3.63, 3.8) is 0 Å². The lowest BCUT2D eigenvalue weighted by Gasteiger charge is -2.11. The van der Waals surface area contributed by atoms with Gasteiger partial charge in [0.15, 0.2) is 0 Å². The summed E-state index contributed by atoms with van der Waals surface area (Å²) in [5, 5.41) is 12.8. The zero-order valence-corrected chi connectivity index (χ0v) is 12.7. The molecule has 0 atom stereocenters. The van der Waals surface area contributed by atoms with Crippen LogP contribution in [0.1, 0.15) is 16.7 Å². The highest BCUT2D eigenvalue weighted by Crippen LogP contribution is 2.23. The molecule has 0 aromatic heterocycles. The minimum Gasteiger partial charge on any atom is -0.381 e. The predicted octanol–water partition coefficient (Wildman–Crippen LogP) is 4.89. The smallest absolute Gasteiger partial charge is 0.0992 e. The molecule has 0 saturated carbocycles. The van der Waals surface area contributed by atoms with E-state index >= 15 is 0 Å². The molecule has 0 heterocycles. The Morgan fingerprint density at radius 3 is 2.68 bits per heavy atom. The lowest BCUT2D eigenvalue weighted by molar-refractivity contribution is 1.14. The van der Waals surface area contributed by atoms with Crippen LogP contribution in [0.4, 0.5) is 5.69 Å². The van der Waals surface area contributed by atoms with E-state index in [0.717, 1.165) is 15.7 Å². The van der Waals surface area contributed by atoms with Gasteiger partial charge in [0.25, 0.3) is 0 Å². The zero-order valence-electron chi connectivity index (χ0n) is 10.4. The van der Waals surface area contributed by atoms with Crippen LogP contribution in [0.5, 0.6) is 0 Å². The fourth-order valence-electron chi connectivity index (χ4n) is 1.78. The topological polar surface area (TPSA) is 35.8 Å². The van der Waals surface area contributed by atoms with Crippen LogP contribution in [0, 0.1) is 18.3 Å². The van der Waals surface area contributed by atoms with Crippen LogP contribution in [0.2, 0.25) is 5.02 Å². The highest BCUT2D eigenvalue weighted by Gasteiger charge is 2.03. The molecule has 2 rings (SSSR count). The molecule has 0 unspecified atom stereocenters. The van der Waals surface area contributed by atoms with Crippen molar-refractivity contribution in [2.45, 2.75) is 13.5 Å². The van der Waals surface area contributed by atoms with E-state index in [-0.39, 0.29) is 0 Å². The van der Waals surface area contributed by atoms with E-state index in [1.807, 2.05) is 25.1 Å². The zero-order chi connectivity index (χ0) is 13.8. The quantitative estimate of drug-likeness (QED) is 0.866. The van der Waals surface area contributed by atoms with Gasteiger partial charge in [-0.1, -0.05) is 33.6 Å². The van der Waals surface area contributed by atoms with Gasteiger partial charge in [0, 0.05) is 21.7 Å². The average Bonchev–Trinajstić information content (AvgIpc) is 2.39. The Labute approximate surface area is 126 Å². The molecule has 2 aromatic carbocycles. The lowest BCUT2D eigenvalue weighted by Crippen LogP contribution is -2.01. The number of rotatable bonds is 3. The van der Waals surface area contributed by atoms with Crippen LogP contribution >= 0.6 is 27.5 Å². The Morgan fingerprint density at radius 2 is 2.05 bits per heavy atom. The van der Waals surface area contributed by atoms with Crippen molar-refractivity contribution in [1.82, 2.24) is 0 Å². The number of hydrogen-bond acceptors (Lipinski definition) is 2. The molecule has 1 N–H and O–H groups in total. The second-order valence-electron chi connectivity index (χ2n) is 4.23. The van der Waals surface area contributed by atoms with Crippen molar-refractivity contribution >= 4 is 33.2 Å². The molecule has 0 aliphatic carbocycles. The summed E-state index contributed by atoms with van der Waals surface area (Å²) >= 11 is 9.58. The van der Waals surface area contributed by atoms with Gasteiger partial charge >= 0.3 is 0 Å². The number of nitrogens with one attached hydrogen (secondary N) is 1. The molecule has 2 nitrogen and oxygen atoms in total. The second kappa shape index (κ2) is 6.10. The predicted molar refractivity (Wildman–Crippen MR) is 82.4 cm³/mol. The number of aryl methyl sites for hydroxylation is 1. The highest BCUT2D eigenvalue weighted by atomic mass is 79.9. The van der Waals surface area contributed by atoms with Crippen LogP contribution in [-0.2, 0) is 6.54 Å². The first-order valence-corrected chi connectivity index (χ1v) is 6.96. The van der Waals surface area contributed by atoms with Gasteiger partial charge in [0.2, 0.25) is 0 Å². The van der Waals surface area contributed by atoms with Gasteiger partial charge in [-0.3, -0.25) is 0 Å². The molecule has 0 radical (unpaired) electrons. The number of hydrogen-bond donors (Lipinski definition) is 1. The van der Waals surface area contributed by atoms with E-state index in [0.29, 0.717) is 17.1 Å². The maximum Gasteiger partial charge on any atom is 0.0992 e. The summed E-state index contributed by atoms with van der Waals surface area (Å²) in [5.74, 6) is 0. The number of nitriles is 1. The van der Waals surface area contributed by atoms with E-state index in [1.54, 1.807) is 12.1 Å². The molecular weight excluding hydrogens is 324 g/mol. The third-order valence-electron chi connectivity index (χ3n) is 2.84. The van der Waals surface area contributed by atoms with Crippen molar-refractivity contribution in [3.8, 4) is 6.07 Å². The van der Waals surface area contributed by atoms with Gasteiger partial charge in [-0.15, -0.1) is 0 Å². The monoisotopic (exact) mass is 334 g/mol. The molecule has 0 bridgehead atoms. The summed E-state index contributed by atoms with van der Waals surface area (Å²) < 4.78 is 1.06. The third kappa shape index (κ3) is 3.50. The first-order chi connectivity index (χ1) is 9.10. The van der Waals surface area contributed by atoms with Gasteiger partial charge in [-0.05, 0) is 48.4 Å². The summed E-state index contributed by atoms with van der Waals surface area (Å²) in [6.45, 7) is 2.68. The Balaban J connectivity index is 2.13. The molecule has 0 saturated heterocycles. The highest BCUT2D eigenvalue weighted by molar-refractivity contribution is 9.10. The van der Waals surface area contributed by atoms with E-state index in [4.69, 9.17) is 16.9 Å². The number of benzene rings is 2. The Kier molecular flexibility index (Phi) is 4.47. The van der Waals surface area contributed by atoms with Crippen LogP contribution in [0.3, 0.4) is 0 Å². The second-order valence-corrected chi connectivity index (χ2v) is 5.55. The van der Waals surface area contributed by atoms with Crippen molar-refractivity contribution in [3.05, 3.63) is 62.6 Å². The van der Waals surface area contributed by atoms with E-state index in [1.165, 1.54) is 5.56 Å². The van der Waals surface area contributed by atoms with E-state index < -0.39 is 0 Å². The van der Waals surface area contributed by atoms with Crippen LogP contribution in [-0.4, -0.2) is 0 Å². The molecule has 2 aromatic rings. The van der Waals surface area contributed by atoms with Crippen molar-refractivity contribution in [1.29, 1.82) is 5.26 Å². The minimum absolute atomic E-state index is 0.577. The number of nitrogens with zero attached hydrogens (tertiary/aromatic N) is 1. The standard InChI is InChI=1S/C15H12BrClN2/c1-10-6-13(16)4-5-15(10)19-9-12-3-2-11(8-18)7-14(12)17/h2-7,19H,9H2,1H3. The SMILES string of the molecule is Cc1cc(Br)ccc1NCc1ccc(C#N)cc1Cl. The first-order valence-electron chi connectivity index (χ1n) is 5.78. The molecular formula is C15H12BrClN2. The summed E-state index contributed by atoms with van der Waals surface area (Å²) in [6, 6.07) is 13.5. The normalized spacial score (nSPS) is 10.0. The molecule has 96 valence electrons. The lowest BCUT2D eigenvalue weighted by atomic mass is 10.1. The molecule has 19 heavy (non-hydrogen) atoms. The van der Waals surface area contributed by atoms with E-state index in [2.05, 4.69) is 33.4 Å². The maximum absolute atomic E-state index is 8.79. The molecule has 0 fully saturated rings. The first kappa shape index (κ1) is 13.9. The maximum atomic E-state index is 8.79. The van der Waals surface area contributed by atoms with Crippen LogP contribution < -0.4 is 5.32 Å². The summed E-state index contributed by atoms with van der Waals surface area (Å²) in [4.78, 5) is 0. The molecule has 0 spiro atoms. The fraction of sp³-hybridized carbons (Fsp3) is 0.133. The Morgan fingerprint density at radius 1 is 1.26 bits per heavy atom. The van der Waals surface area contributed by atoms with Crippen molar-refractivity contribution in [2.24, 2.45) is 0 Å². The van der Waals surface area contributed by atoms with Gasteiger partial charge in [-0.2, -0.15) is 5.26 Å². The molecule has 0 aliphatic rings. The van der Waals surface area contributed by atoms with Crippen LogP contribution in [0.15, 0.2) is 40.9 Å². The van der Waals surface area contributed by atoms with Crippen LogP contribution in [0.25, 0.3) is 0 Å². The fourth-order valence-corrected chi connectivity index (χ4v) is 2.50. The molecule has 4 heteroatoms. The molecule has 0 aliphatic heterocycles. The van der Waals surface area contributed by atoms with Crippen molar-refractivity contribution in [2.75, 3.05) is 5.32 Å². The van der Waals surface area contributed by atoms with Crippen molar-refractivity contribution < 1.29 is 0 Å². The minimum atomic E-state index is 0.577. The van der Waals surface area contributed by atoms with Gasteiger partial charge < -0.3 is 5.32 Å². The average molecular weight is 336 g/mol. The molecule has 0 amide bonds. The number of halogens is 2. The number of anilines is 1. The Bertz CT molecular complexity index is 647. The summed E-state index contributed by atoms with van der Waals surface area (Å²) in [6.07, 6.45) is 0.